The minimum atomic E-state index is -0.0198. The Morgan fingerprint density at radius 3 is 2.60 bits per heavy atom. The van der Waals surface area contributed by atoms with Crippen LogP contribution in [0.1, 0.15) is 38.1 Å². The number of hydrogen-bond acceptors (Lipinski definition) is 4. The highest BCUT2D eigenvalue weighted by atomic mass is 32.2. The molecule has 1 aromatic heterocycles. The van der Waals surface area contributed by atoms with Crippen LogP contribution in [0.25, 0.3) is 10.9 Å². The molecule has 0 aliphatic carbocycles. The highest BCUT2D eigenvalue weighted by Gasteiger charge is 2.24. The lowest BCUT2D eigenvalue weighted by atomic mass is 9.88. The normalized spacial score (nSPS) is 16.7. The standard InChI is InChI=1S/C20H27N3OS/c1-14(20(2,3)4)21-19(24)16-13-18(23-9-11-25-12-10-23)22-17-8-6-5-7-15(16)17/h5-8,13-14H,9-12H2,1-4H3,(H,21,24). The average molecular weight is 358 g/mol. The second kappa shape index (κ2) is 7.24. The van der Waals surface area contributed by atoms with Crippen LogP contribution in [0.15, 0.2) is 30.3 Å². The number of hydrogen-bond donors (Lipinski definition) is 1. The lowest BCUT2D eigenvalue weighted by molar-refractivity contribution is 0.0912. The van der Waals surface area contributed by atoms with E-state index < -0.39 is 0 Å². The van der Waals surface area contributed by atoms with Crippen molar-refractivity contribution in [3.63, 3.8) is 0 Å². The zero-order valence-electron chi connectivity index (χ0n) is 15.5. The Labute approximate surface area is 154 Å². The van der Waals surface area contributed by atoms with Crippen molar-refractivity contribution in [1.82, 2.24) is 10.3 Å². The number of amides is 1. The average Bonchev–Trinajstić information content (AvgIpc) is 2.60. The number of thioether (sulfide) groups is 1. The zero-order valence-corrected chi connectivity index (χ0v) is 16.3. The molecule has 1 aromatic carbocycles. The Morgan fingerprint density at radius 1 is 1.24 bits per heavy atom. The molecule has 3 rings (SSSR count). The van der Waals surface area contributed by atoms with E-state index >= 15 is 0 Å². The Hall–Kier alpha value is -1.75. The van der Waals surface area contributed by atoms with Gasteiger partial charge < -0.3 is 10.2 Å². The van der Waals surface area contributed by atoms with Gasteiger partial charge >= 0.3 is 0 Å². The summed E-state index contributed by atoms with van der Waals surface area (Å²) in [7, 11) is 0. The van der Waals surface area contributed by atoms with Crippen molar-refractivity contribution in [1.29, 1.82) is 0 Å². The molecule has 25 heavy (non-hydrogen) atoms. The van der Waals surface area contributed by atoms with Gasteiger partial charge in [-0.25, -0.2) is 4.98 Å². The fraction of sp³-hybridized carbons (Fsp3) is 0.500. The van der Waals surface area contributed by atoms with Gasteiger partial charge in [0.05, 0.1) is 11.1 Å². The molecular weight excluding hydrogens is 330 g/mol. The van der Waals surface area contributed by atoms with Gasteiger partial charge in [-0.2, -0.15) is 11.8 Å². The molecular formula is C20H27N3OS. The third kappa shape index (κ3) is 4.09. The van der Waals surface area contributed by atoms with E-state index in [4.69, 9.17) is 4.98 Å². The van der Waals surface area contributed by atoms with Crippen LogP contribution >= 0.6 is 11.8 Å². The summed E-state index contributed by atoms with van der Waals surface area (Å²) >= 11 is 1.97. The first kappa shape index (κ1) is 18.1. The minimum absolute atomic E-state index is 0.0193. The Balaban J connectivity index is 1.98. The molecule has 2 aromatic rings. The second-order valence-corrected chi connectivity index (χ2v) is 8.93. The molecule has 1 aliphatic rings. The molecule has 134 valence electrons. The Morgan fingerprint density at radius 2 is 1.92 bits per heavy atom. The van der Waals surface area contributed by atoms with Crippen molar-refractivity contribution in [2.75, 3.05) is 29.5 Å². The van der Waals surface area contributed by atoms with E-state index in [1.807, 2.05) is 42.1 Å². The number of nitrogens with one attached hydrogen (secondary N) is 1. The molecule has 1 saturated heterocycles. The predicted octanol–water partition coefficient (Wildman–Crippen LogP) is 3.95. The topological polar surface area (TPSA) is 45.2 Å². The molecule has 1 atom stereocenters. The van der Waals surface area contributed by atoms with Gasteiger partial charge in [0.15, 0.2) is 0 Å². The second-order valence-electron chi connectivity index (χ2n) is 7.71. The maximum Gasteiger partial charge on any atom is 0.252 e. The number of aromatic nitrogens is 1. The number of fused-ring (bicyclic) bond motifs is 1. The van der Waals surface area contributed by atoms with Crippen LogP contribution in [0.4, 0.5) is 5.82 Å². The van der Waals surface area contributed by atoms with E-state index in [1.54, 1.807) is 0 Å². The SMILES string of the molecule is CC(NC(=O)c1cc(N2CCSCC2)nc2ccccc12)C(C)(C)C. The minimum Gasteiger partial charge on any atom is -0.355 e. The van der Waals surface area contributed by atoms with Crippen LogP contribution < -0.4 is 10.2 Å². The summed E-state index contributed by atoms with van der Waals surface area (Å²) in [6, 6.07) is 9.96. The van der Waals surface area contributed by atoms with Crippen molar-refractivity contribution in [2.24, 2.45) is 5.41 Å². The van der Waals surface area contributed by atoms with E-state index in [9.17, 15) is 4.79 Å². The van der Waals surface area contributed by atoms with Gasteiger partial charge in [-0.15, -0.1) is 0 Å². The number of carbonyl (C=O) groups excluding carboxylic acids is 1. The largest absolute Gasteiger partial charge is 0.355 e. The molecule has 1 fully saturated rings. The molecule has 2 heterocycles. The van der Waals surface area contributed by atoms with Crippen LogP contribution in [0.2, 0.25) is 0 Å². The molecule has 1 unspecified atom stereocenters. The number of pyridine rings is 1. The van der Waals surface area contributed by atoms with E-state index in [0.717, 1.165) is 46.9 Å². The van der Waals surface area contributed by atoms with Crippen LogP contribution in [-0.4, -0.2) is 41.5 Å². The Kier molecular flexibility index (Phi) is 5.23. The maximum absolute atomic E-state index is 13.0. The lowest BCUT2D eigenvalue weighted by Crippen LogP contribution is -2.41. The summed E-state index contributed by atoms with van der Waals surface area (Å²) in [4.78, 5) is 20.1. The van der Waals surface area contributed by atoms with Gasteiger partial charge in [-0.3, -0.25) is 4.79 Å². The van der Waals surface area contributed by atoms with Gasteiger partial charge in [-0.05, 0) is 24.5 Å². The molecule has 4 nitrogen and oxygen atoms in total. The van der Waals surface area contributed by atoms with Gasteiger partial charge in [0, 0.05) is 36.0 Å². The highest BCUT2D eigenvalue weighted by Crippen LogP contribution is 2.26. The molecule has 0 saturated carbocycles. The van der Waals surface area contributed by atoms with E-state index in [2.05, 4.69) is 37.9 Å². The van der Waals surface area contributed by atoms with Crippen LogP contribution in [-0.2, 0) is 0 Å². The molecule has 1 N–H and O–H groups in total. The molecule has 1 amide bonds. The molecule has 0 bridgehead atoms. The summed E-state index contributed by atoms with van der Waals surface area (Å²) < 4.78 is 0. The van der Waals surface area contributed by atoms with Gasteiger partial charge in [0.25, 0.3) is 5.91 Å². The first-order valence-electron chi connectivity index (χ1n) is 8.89. The first-order valence-corrected chi connectivity index (χ1v) is 10.0. The third-order valence-corrected chi connectivity index (χ3v) is 5.87. The fourth-order valence-electron chi connectivity index (χ4n) is 2.79. The summed E-state index contributed by atoms with van der Waals surface area (Å²) in [5.41, 5.74) is 1.62. The van der Waals surface area contributed by atoms with Crippen molar-refractivity contribution < 1.29 is 4.79 Å². The summed E-state index contributed by atoms with van der Waals surface area (Å²) in [5, 5.41) is 4.08. The number of carbonyl (C=O) groups is 1. The predicted molar refractivity (Wildman–Crippen MR) is 108 cm³/mol. The van der Waals surface area contributed by atoms with Gasteiger partial charge in [0.2, 0.25) is 0 Å². The number of para-hydroxylation sites is 1. The van der Waals surface area contributed by atoms with Crippen molar-refractivity contribution in [3.8, 4) is 0 Å². The molecule has 1 aliphatic heterocycles. The van der Waals surface area contributed by atoms with Gasteiger partial charge in [0.1, 0.15) is 5.82 Å². The Bertz CT molecular complexity index is 763. The van der Waals surface area contributed by atoms with Crippen LogP contribution in [0, 0.1) is 5.41 Å². The third-order valence-electron chi connectivity index (χ3n) is 4.93. The van der Waals surface area contributed by atoms with Crippen molar-refractivity contribution >= 4 is 34.4 Å². The van der Waals surface area contributed by atoms with Crippen LogP contribution in [0.5, 0.6) is 0 Å². The molecule has 5 heteroatoms. The summed E-state index contributed by atoms with van der Waals surface area (Å²) in [5.74, 6) is 3.11. The van der Waals surface area contributed by atoms with Crippen molar-refractivity contribution in [3.05, 3.63) is 35.9 Å². The molecule has 0 radical (unpaired) electrons. The summed E-state index contributed by atoms with van der Waals surface area (Å²) in [6.45, 7) is 10.4. The quantitative estimate of drug-likeness (QED) is 0.903. The van der Waals surface area contributed by atoms with Crippen LogP contribution in [0.3, 0.4) is 0 Å². The monoisotopic (exact) mass is 357 g/mol. The zero-order chi connectivity index (χ0) is 18.0. The number of benzene rings is 1. The van der Waals surface area contributed by atoms with Gasteiger partial charge in [-0.1, -0.05) is 39.0 Å². The molecule has 0 spiro atoms. The number of rotatable bonds is 3. The van der Waals surface area contributed by atoms with E-state index in [1.165, 1.54) is 0 Å². The number of nitrogens with zero attached hydrogens (tertiary/aromatic N) is 2. The van der Waals surface area contributed by atoms with Crippen molar-refractivity contribution in [2.45, 2.75) is 33.7 Å². The van der Waals surface area contributed by atoms with E-state index in [0.29, 0.717) is 0 Å². The lowest BCUT2D eigenvalue weighted by Gasteiger charge is -2.29. The smallest absolute Gasteiger partial charge is 0.252 e. The number of anilines is 1. The highest BCUT2D eigenvalue weighted by molar-refractivity contribution is 7.99. The maximum atomic E-state index is 13.0. The summed E-state index contributed by atoms with van der Waals surface area (Å²) in [6.07, 6.45) is 0. The fourth-order valence-corrected chi connectivity index (χ4v) is 3.70. The first-order chi connectivity index (χ1) is 11.9. The van der Waals surface area contributed by atoms with E-state index in [-0.39, 0.29) is 17.4 Å².